The van der Waals surface area contributed by atoms with Crippen molar-refractivity contribution in [2.24, 2.45) is 0 Å². The first-order chi connectivity index (χ1) is 9.99. The Labute approximate surface area is 123 Å². The first kappa shape index (κ1) is 14.7. The third-order valence-electron chi connectivity index (χ3n) is 3.26. The second kappa shape index (κ2) is 6.17. The van der Waals surface area contributed by atoms with Gasteiger partial charge in [0, 0.05) is 25.3 Å². The Kier molecular flexibility index (Phi) is 4.33. The van der Waals surface area contributed by atoms with Crippen molar-refractivity contribution in [1.29, 1.82) is 0 Å². The van der Waals surface area contributed by atoms with Crippen molar-refractivity contribution in [3.05, 3.63) is 69.8 Å². The minimum Gasteiger partial charge on any atom is -0.370 e. The van der Waals surface area contributed by atoms with Gasteiger partial charge in [0.05, 0.1) is 10.5 Å². The van der Waals surface area contributed by atoms with Crippen molar-refractivity contribution in [2.75, 3.05) is 11.9 Å². The lowest BCUT2D eigenvalue weighted by Crippen LogP contribution is -2.17. The molecule has 0 saturated carbocycles. The van der Waals surface area contributed by atoms with Crippen LogP contribution in [0.5, 0.6) is 0 Å². The van der Waals surface area contributed by atoms with Gasteiger partial charge in [-0.2, -0.15) is 0 Å². The summed E-state index contributed by atoms with van der Waals surface area (Å²) in [6.07, 6.45) is 0. The van der Waals surface area contributed by atoms with Gasteiger partial charge < -0.3 is 4.90 Å². The molecule has 21 heavy (non-hydrogen) atoms. The first-order valence-electron chi connectivity index (χ1n) is 6.53. The summed E-state index contributed by atoms with van der Waals surface area (Å²) >= 11 is 0. The SMILES string of the molecule is CC(=O)c1cc(N(C)Cc2ccccc2)ccc1[N+](=O)[O-]. The van der Waals surface area contributed by atoms with Gasteiger partial charge in [-0.05, 0) is 24.6 Å². The molecule has 108 valence electrons. The fourth-order valence-electron chi connectivity index (χ4n) is 2.15. The number of nitrogens with zero attached hydrogens (tertiary/aromatic N) is 2. The molecule has 0 atom stereocenters. The van der Waals surface area contributed by atoms with Gasteiger partial charge in [0.25, 0.3) is 5.69 Å². The minimum absolute atomic E-state index is 0.136. The van der Waals surface area contributed by atoms with Crippen molar-refractivity contribution in [1.82, 2.24) is 0 Å². The lowest BCUT2D eigenvalue weighted by molar-refractivity contribution is -0.385. The fourth-order valence-corrected chi connectivity index (χ4v) is 2.15. The number of anilines is 1. The molecule has 0 amide bonds. The largest absolute Gasteiger partial charge is 0.370 e. The van der Waals surface area contributed by atoms with Gasteiger partial charge >= 0.3 is 0 Å². The molecule has 0 bridgehead atoms. The van der Waals surface area contributed by atoms with E-state index in [4.69, 9.17) is 0 Å². The minimum atomic E-state index is -0.530. The van der Waals surface area contributed by atoms with Crippen LogP contribution in [0.1, 0.15) is 22.8 Å². The number of carbonyl (C=O) groups excluding carboxylic acids is 1. The summed E-state index contributed by atoms with van der Waals surface area (Å²) in [5, 5.41) is 10.9. The molecule has 0 radical (unpaired) electrons. The van der Waals surface area contributed by atoms with Gasteiger partial charge in [-0.25, -0.2) is 0 Å². The average molecular weight is 284 g/mol. The van der Waals surface area contributed by atoms with Crippen LogP contribution in [0.15, 0.2) is 48.5 Å². The number of carbonyl (C=O) groups is 1. The predicted molar refractivity (Wildman–Crippen MR) is 81.6 cm³/mol. The van der Waals surface area contributed by atoms with Crippen LogP contribution in [-0.2, 0) is 6.54 Å². The van der Waals surface area contributed by atoms with E-state index in [0.29, 0.717) is 6.54 Å². The topological polar surface area (TPSA) is 63.5 Å². The van der Waals surface area contributed by atoms with Gasteiger partial charge in [0.1, 0.15) is 0 Å². The van der Waals surface area contributed by atoms with E-state index in [0.717, 1.165) is 11.3 Å². The molecule has 0 aliphatic rings. The lowest BCUT2D eigenvalue weighted by Gasteiger charge is -2.20. The standard InChI is InChI=1S/C16H16N2O3/c1-12(19)15-10-14(8-9-16(15)18(20)21)17(2)11-13-6-4-3-5-7-13/h3-10H,11H2,1-2H3. The molecule has 0 unspecified atom stereocenters. The highest BCUT2D eigenvalue weighted by Crippen LogP contribution is 2.25. The molecule has 0 aromatic heterocycles. The Balaban J connectivity index is 2.30. The Hall–Kier alpha value is -2.69. The molecule has 2 aromatic carbocycles. The number of benzene rings is 2. The van der Waals surface area contributed by atoms with E-state index in [2.05, 4.69) is 0 Å². The maximum atomic E-state index is 11.6. The third kappa shape index (κ3) is 3.45. The van der Waals surface area contributed by atoms with E-state index in [-0.39, 0.29) is 17.0 Å². The molecule has 0 fully saturated rings. The molecule has 0 heterocycles. The van der Waals surface area contributed by atoms with Crippen LogP contribution in [0.25, 0.3) is 0 Å². The van der Waals surface area contributed by atoms with E-state index in [9.17, 15) is 14.9 Å². The van der Waals surface area contributed by atoms with E-state index in [1.807, 2.05) is 42.3 Å². The van der Waals surface area contributed by atoms with Crippen LogP contribution in [-0.4, -0.2) is 17.8 Å². The second-order valence-corrected chi connectivity index (χ2v) is 4.86. The number of nitro groups is 1. The van der Waals surface area contributed by atoms with Gasteiger partial charge in [-0.3, -0.25) is 14.9 Å². The average Bonchev–Trinajstić information content (AvgIpc) is 2.47. The zero-order valence-corrected chi connectivity index (χ0v) is 11.9. The molecule has 0 aliphatic carbocycles. The van der Waals surface area contributed by atoms with Crippen LogP contribution in [0, 0.1) is 10.1 Å². The van der Waals surface area contributed by atoms with Crippen molar-refractivity contribution in [3.8, 4) is 0 Å². The highest BCUT2D eigenvalue weighted by atomic mass is 16.6. The monoisotopic (exact) mass is 284 g/mol. The summed E-state index contributed by atoms with van der Waals surface area (Å²) < 4.78 is 0. The number of Topliss-reactive ketones (excluding diaryl/α,β-unsaturated/α-hetero) is 1. The molecular formula is C16H16N2O3. The van der Waals surface area contributed by atoms with Crippen LogP contribution < -0.4 is 4.90 Å². The number of nitro benzene ring substituents is 1. The van der Waals surface area contributed by atoms with Gasteiger partial charge in [0.15, 0.2) is 5.78 Å². The maximum Gasteiger partial charge on any atom is 0.280 e. The maximum absolute atomic E-state index is 11.6. The van der Waals surface area contributed by atoms with Crippen molar-refractivity contribution >= 4 is 17.2 Å². The molecule has 2 rings (SSSR count). The summed E-state index contributed by atoms with van der Waals surface area (Å²) in [4.78, 5) is 23.9. The molecule has 0 aliphatic heterocycles. The molecular weight excluding hydrogens is 268 g/mol. The fraction of sp³-hybridized carbons (Fsp3) is 0.188. The van der Waals surface area contributed by atoms with Crippen LogP contribution >= 0.6 is 0 Å². The predicted octanol–water partition coefficient (Wildman–Crippen LogP) is 3.43. The zero-order chi connectivity index (χ0) is 15.4. The smallest absolute Gasteiger partial charge is 0.280 e. The summed E-state index contributed by atoms with van der Waals surface area (Å²) in [5.74, 6) is -0.309. The first-order valence-corrected chi connectivity index (χ1v) is 6.53. The third-order valence-corrected chi connectivity index (χ3v) is 3.26. The summed E-state index contributed by atoms with van der Waals surface area (Å²) in [5.41, 5.74) is 1.88. The Morgan fingerprint density at radius 2 is 1.86 bits per heavy atom. The summed E-state index contributed by atoms with van der Waals surface area (Å²) in [6, 6.07) is 14.5. The molecule has 5 heteroatoms. The molecule has 0 spiro atoms. The van der Waals surface area contributed by atoms with Crippen molar-refractivity contribution in [2.45, 2.75) is 13.5 Å². The van der Waals surface area contributed by atoms with E-state index in [1.54, 1.807) is 12.1 Å². The van der Waals surface area contributed by atoms with Gasteiger partial charge in [-0.1, -0.05) is 30.3 Å². The highest BCUT2D eigenvalue weighted by Gasteiger charge is 2.18. The molecule has 2 aromatic rings. The van der Waals surface area contributed by atoms with Crippen molar-refractivity contribution < 1.29 is 9.72 Å². The number of rotatable bonds is 5. The summed E-state index contributed by atoms with van der Waals surface area (Å²) in [7, 11) is 1.89. The molecule has 0 N–H and O–H groups in total. The quantitative estimate of drug-likeness (QED) is 0.479. The Morgan fingerprint density at radius 3 is 2.43 bits per heavy atom. The van der Waals surface area contributed by atoms with Crippen LogP contribution in [0.4, 0.5) is 11.4 Å². The Bertz CT molecular complexity index is 668. The normalized spacial score (nSPS) is 10.2. The van der Waals surface area contributed by atoms with Crippen LogP contribution in [0.3, 0.4) is 0 Å². The Morgan fingerprint density at radius 1 is 1.19 bits per heavy atom. The second-order valence-electron chi connectivity index (χ2n) is 4.86. The van der Waals surface area contributed by atoms with E-state index < -0.39 is 4.92 Å². The molecule has 5 nitrogen and oxygen atoms in total. The van der Waals surface area contributed by atoms with Crippen molar-refractivity contribution in [3.63, 3.8) is 0 Å². The number of ketones is 1. The summed E-state index contributed by atoms with van der Waals surface area (Å²) in [6.45, 7) is 2.00. The lowest BCUT2D eigenvalue weighted by atomic mass is 10.1. The van der Waals surface area contributed by atoms with Crippen LogP contribution in [0.2, 0.25) is 0 Å². The van der Waals surface area contributed by atoms with E-state index in [1.165, 1.54) is 13.0 Å². The van der Waals surface area contributed by atoms with Gasteiger partial charge in [0.2, 0.25) is 0 Å². The number of hydrogen-bond acceptors (Lipinski definition) is 4. The van der Waals surface area contributed by atoms with Gasteiger partial charge in [-0.15, -0.1) is 0 Å². The number of hydrogen-bond donors (Lipinski definition) is 0. The highest BCUT2D eigenvalue weighted by molar-refractivity contribution is 5.99. The molecule has 0 saturated heterocycles. The zero-order valence-electron chi connectivity index (χ0n) is 11.9. The van der Waals surface area contributed by atoms with E-state index >= 15 is 0 Å².